The topological polar surface area (TPSA) is 77.4 Å². The van der Waals surface area contributed by atoms with Crippen molar-refractivity contribution in [2.24, 2.45) is 11.1 Å². The van der Waals surface area contributed by atoms with Crippen LogP contribution < -0.4 is 14.4 Å². The Hall–Kier alpha value is -3.56. The number of nitrogens with zero attached hydrogens (tertiary/aromatic N) is 2. The minimum Gasteiger partial charge on any atom is -0.493 e. The number of oxime groups is 1. The lowest BCUT2D eigenvalue weighted by Gasteiger charge is -2.17. The highest BCUT2D eigenvalue weighted by molar-refractivity contribution is 6.32. The molecular formula is C20H15F3N2O5. The lowest BCUT2D eigenvalue weighted by atomic mass is 9.94. The molecule has 0 saturated carbocycles. The molecule has 0 aromatic heterocycles. The lowest BCUT2D eigenvalue weighted by molar-refractivity contribution is -0.137. The van der Waals surface area contributed by atoms with E-state index in [9.17, 15) is 22.8 Å². The number of hydrogen-bond donors (Lipinski definition) is 0. The van der Waals surface area contributed by atoms with Crippen molar-refractivity contribution >= 4 is 23.2 Å². The predicted molar refractivity (Wildman–Crippen MR) is 98.4 cm³/mol. The van der Waals surface area contributed by atoms with Crippen molar-refractivity contribution < 1.29 is 37.1 Å². The Bertz CT molecular complexity index is 1070. The Balaban J connectivity index is 1.69. The summed E-state index contributed by atoms with van der Waals surface area (Å²) in [4.78, 5) is 31.7. The molecule has 2 aliphatic rings. The van der Waals surface area contributed by atoms with Crippen LogP contribution >= 0.6 is 0 Å². The Morgan fingerprint density at radius 1 is 1.00 bits per heavy atom. The smallest absolute Gasteiger partial charge is 0.416 e. The molecule has 1 fully saturated rings. The number of alkyl halides is 3. The van der Waals surface area contributed by atoms with Crippen LogP contribution in [0.5, 0.6) is 11.5 Å². The van der Waals surface area contributed by atoms with Gasteiger partial charge in [0, 0.05) is 5.56 Å². The SMILES string of the molecule is COc1ccc(C2=NO[C@@H]3C(=O)N(c4cccc(C(F)(F)F)c4)C(=O)[C@@H]23)cc1OC. The van der Waals surface area contributed by atoms with Gasteiger partial charge >= 0.3 is 6.18 Å². The molecule has 0 bridgehead atoms. The molecule has 2 aliphatic heterocycles. The first kappa shape index (κ1) is 19.7. The zero-order valence-electron chi connectivity index (χ0n) is 15.8. The van der Waals surface area contributed by atoms with Gasteiger partial charge in [0.15, 0.2) is 11.5 Å². The van der Waals surface area contributed by atoms with Crippen molar-refractivity contribution in [3.8, 4) is 11.5 Å². The normalized spacial score (nSPS) is 20.7. The third-order valence-electron chi connectivity index (χ3n) is 4.92. The number of ether oxygens (including phenoxy) is 2. The number of hydrogen-bond acceptors (Lipinski definition) is 6. The number of imide groups is 1. The molecule has 0 spiro atoms. The molecule has 2 heterocycles. The molecule has 2 atom stereocenters. The quantitative estimate of drug-likeness (QED) is 0.711. The second kappa shape index (κ2) is 7.05. The van der Waals surface area contributed by atoms with Crippen LogP contribution in [0.2, 0.25) is 0 Å². The van der Waals surface area contributed by atoms with E-state index >= 15 is 0 Å². The summed E-state index contributed by atoms with van der Waals surface area (Å²) in [7, 11) is 2.91. The first-order valence-electron chi connectivity index (χ1n) is 8.77. The monoisotopic (exact) mass is 420 g/mol. The van der Waals surface area contributed by atoms with E-state index in [-0.39, 0.29) is 11.4 Å². The van der Waals surface area contributed by atoms with Crippen molar-refractivity contribution in [3.05, 3.63) is 53.6 Å². The maximum atomic E-state index is 13.0. The number of amides is 2. The number of anilines is 1. The molecule has 156 valence electrons. The second-order valence-electron chi connectivity index (χ2n) is 6.61. The number of benzene rings is 2. The van der Waals surface area contributed by atoms with Gasteiger partial charge in [-0.2, -0.15) is 13.2 Å². The summed E-state index contributed by atoms with van der Waals surface area (Å²) in [6.07, 6.45) is -5.85. The fraction of sp³-hybridized carbons (Fsp3) is 0.250. The van der Waals surface area contributed by atoms with Crippen LogP contribution in [0.3, 0.4) is 0 Å². The molecule has 0 aliphatic carbocycles. The Labute approximate surface area is 168 Å². The summed E-state index contributed by atoms with van der Waals surface area (Å²) in [5.74, 6) is -1.73. The highest BCUT2D eigenvalue weighted by Gasteiger charge is 2.56. The predicted octanol–water partition coefficient (Wildman–Crippen LogP) is 3.02. The number of methoxy groups -OCH3 is 2. The zero-order valence-corrected chi connectivity index (χ0v) is 15.8. The Kier molecular flexibility index (Phi) is 4.64. The van der Waals surface area contributed by atoms with Gasteiger partial charge in [-0.1, -0.05) is 11.2 Å². The largest absolute Gasteiger partial charge is 0.493 e. The molecule has 2 amide bonds. The van der Waals surface area contributed by atoms with Crippen molar-refractivity contribution in [2.75, 3.05) is 19.1 Å². The molecule has 2 aromatic carbocycles. The summed E-state index contributed by atoms with van der Waals surface area (Å²) >= 11 is 0. The van der Waals surface area contributed by atoms with E-state index < -0.39 is 35.6 Å². The van der Waals surface area contributed by atoms with Crippen LogP contribution in [-0.4, -0.2) is 37.8 Å². The van der Waals surface area contributed by atoms with Crippen molar-refractivity contribution in [3.63, 3.8) is 0 Å². The van der Waals surface area contributed by atoms with Crippen LogP contribution in [0.15, 0.2) is 47.6 Å². The van der Waals surface area contributed by atoms with E-state index in [2.05, 4.69) is 5.16 Å². The van der Waals surface area contributed by atoms with E-state index in [0.717, 1.165) is 18.2 Å². The van der Waals surface area contributed by atoms with Crippen LogP contribution in [-0.2, 0) is 20.6 Å². The van der Waals surface area contributed by atoms with Gasteiger partial charge in [0.05, 0.1) is 25.5 Å². The molecule has 2 aromatic rings. The molecule has 1 saturated heterocycles. The number of halogens is 3. The summed E-state index contributed by atoms with van der Waals surface area (Å²) in [5.41, 5.74) is -0.488. The molecule has 0 radical (unpaired) electrons. The number of rotatable bonds is 4. The van der Waals surface area contributed by atoms with Crippen molar-refractivity contribution in [2.45, 2.75) is 12.3 Å². The summed E-state index contributed by atoms with van der Waals surface area (Å²) in [6, 6.07) is 8.82. The molecule has 30 heavy (non-hydrogen) atoms. The summed E-state index contributed by atoms with van der Waals surface area (Å²) in [5, 5.41) is 3.88. The Morgan fingerprint density at radius 3 is 2.40 bits per heavy atom. The number of carbonyl (C=O) groups is 2. The first-order chi connectivity index (χ1) is 14.3. The highest BCUT2D eigenvalue weighted by atomic mass is 19.4. The van der Waals surface area contributed by atoms with E-state index in [1.165, 1.54) is 20.3 Å². The number of carbonyl (C=O) groups excluding carboxylic acids is 2. The molecule has 0 N–H and O–H groups in total. The van der Waals surface area contributed by atoms with Crippen LogP contribution in [0.1, 0.15) is 11.1 Å². The van der Waals surface area contributed by atoms with Gasteiger partial charge in [-0.25, -0.2) is 4.90 Å². The highest BCUT2D eigenvalue weighted by Crippen LogP contribution is 2.38. The van der Waals surface area contributed by atoms with E-state index in [0.29, 0.717) is 22.0 Å². The van der Waals surface area contributed by atoms with E-state index in [4.69, 9.17) is 14.3 Å². The van der Waals surface area contributed by atoms with Gasteiger partial charge in [-0.3, -0.25) is 9.59 Å². The van der Waals surface area contributed by atoms with Crippen LogP contribution in [0, 0.1) is 5.92 Å². The van der Waals surface area contributed by atoms with E-state index in [1.807, 2.05) is 0 Å². The minimum atomic E-state index is -4.61. The summed E-state index contributed by atoms with van der Waals surface area (Å²) < 4.78 is 49.5. The maximum Gasteiger partial charge on any atom is 0.416 e. The minimum absolute atomic E-state index is 0.176. The molecule has 7 nitrogen and oxygen atoms in total. The standard InChI is InChI=1S/C20H15F3N2O5/c1-28-13-7-6-10(8-14(13)29-2)16-15-17(30-24-16)19(27)25(18(15)26)12-5-3-4-11(9-12)20(21,22)23/h3-9,15,17H,1-2H3/t15-,17-/m0/s1. The van der Waals surface area contributed by atoms with Crippen LogP contribution in [0.4, 0.5) is 18.9 Å². The van der Waals surface area contributed by atoms with E-state index in [1.54, 1.807) is 18.2 Å². The van der Waals surface area contributed by atoms with Gasteiger partial charge in [0.2, 0.25) is 12.0 Å². The molecule has 10 heteroatoms. The van der Waals surface area contributed by atoms with Crippen molar-refractivity contribution in [1.82, 2.24) is 0 Å². The molecule has 0 unspecified atom stereocenters. The third kappa shape index (κ3) is 3.04. The van der Waals surface area contributed by atoms with Gasteiger partial charge in [-0.05, 0) is 36.4 Å². The van der Waals surface area contributed by atoms with Gasteiger partial charge in [0.1, 0.15) is 11.6 Å². The van der Waals surface area contributed by atoms with Crippen LogP contribution in [0.25, 0.3) is 0 Å². The van der Waals surface area contributed by atoms with Gasteiger partial charge < -0.3 is 14.3 Å². The zero-order chi connectivity index (χ0) is 21.6. The maximum absolute atomic E-state index is 13.0. The second-order valence-corrected chi connectivity index (χ2v) is 6.61. The Morgan fingerprint density at radius 2 is 1.73 bits per heavy atom. The third-order valence-corrected chi connectivity index (χ3v) is 4.92. The fourth-order valence-corrected chi connectivity index (χ4v) is 3.49. The fourth-order valence-electron chi connectivity index (χ4n) is 3.49. The molecular weight excluding hydrogens is 405 g/mol. The van der Waals surface area contributed by atoms with Gasteiger partial charge in [0.25, 0.3) is 5.91 Å². The van der Waals surface area contributed by atoms with Crippen molar-refractivity contribution in [1.29, 1.82) is 0 Å². The summed E-state index contributed by atoms with van der Waals surface area (Å²) in [6.45, 7) is 0. The molecule has 4 rings (SSSR count). The lowest BCUT2D eigenvalue weighted by Crippen LogP contribution is -2.33. The first-order valence-corrected chi connectivity index (χ1v) is 8.77. The van der Waals surface area contributed by atoms with Gasteiger partial charge in [-0.15, -0.1) is 0 Å². The number of fused-ring (bicyclic) bond motifs is 1. The average molecular weight is 420 g/mol. The average Bonchev–Trinajstić information content (AvgIpc) is 3.27.